The first kappa shape index (κ1) is 91.0. The molecule has 0 bridgehead atoms. The van der Waals surface area contributed by atoms with Crippen LogP contribution in [-0.2, 0) is 65.4 Å². The van der Waals surface area contributed by atoms with Crippen LogP contribution >= 0.6 is 15.6 Å². The van der Waals surface area contributed by atoms with Crippen molar-refractivity contribution in [2.24, 2.45) is 0 Å². The van der Waals surface area contributed by atoms with Crippen LogP contribution in [0.5, 0.6) is 0 Å². The lowest BCUT2D eigenvalue weighted by Crippen LogP contribution is -2.30. The molecule has 19 heteroatoms. The van der Waals surface area contributed by atoms with Crippen LogP contribution in [0.3, 0.4) is 0 Å². The zero-order valence-corrected chi connectivity index (χ0v) is 61.7. The van der Waals surface area contributed by atoms with Crippen LogP contribution in [0.15, 0.2) is 48.6 Å². The fraction of sp³-hybridized carbons (Fsp3) is 0.840. The molecule has 0 heterocycles. The van der Waals surface area contributed by atoms with Crippen LogP contribution in [-0.4, -0.2) is 96.7 Å². The van der Waals surface area contributed by atoms with Crippen molar-refractivity contribution in [3.63, 3.8) is 0 Å². The summed E-state index contributed by atoms with van der Waals surface area (Å²) in [6.07, 6.45) is 63.8. The predicted molar refractivity (Wildman–Crippen MR) is 381 cm³/mol. The molecule has 0 aromatic heterocycles. The minimum atomic E-state index is -4.97. The van der Waals surface area contributed by atoms with Gasteiger partial charge in [0.25, 0.3) is 0 Å². The highest BCUT2D eigenvalue weighted by Gasteiger charge is 2.30. The molecule has 0 aliphatic carbocycles. The number of hydrogen-bond acceptors (Lipinski definition) is 15. The Morgan fingerprint density at radius 3 is 0.777 bits per heavy atom. The molecule has 0 radical (unpaired) electrons. The summed E-state index contributed by atoms with van der Waals surface area (Å²) < 4.78 is 68.4. The van der Waals surface area contributed by atoms with E-state index in [4.69, 9.17) is 37.0 Å². The maximum Gasteiger partial charge on any atom is 0.472 e. The highest BCUT2D eigenvalue weighted by Crippen LogP contribution is 2.45. The van der Waals surface area contributed by atoms with Crippen LogP contribution in [0.4, 0.5) is 0 Å². The van der Waals surface area contributed by atoms with Gasteiger partial charge in [-0.05, 0) is 77.0 Å². The van der Waals surface area contributed by atoms with Crippen molar-refractivity contribution in [3.05, 3.63) is 48.6 Å². The Morgan fingerprint density at radius 1 is 0.298 bits per heavy atom. The Bertz CT molecular complexity index is 1980. The van der Waals surface area contributed by atoms with Gasteiger partial charge in [-0.25, -0.2) is 9.13 Å². The quantitative estimate of drug-likeness (QED) is 0.0169. The molecule has 0 spiro atoms. The minimum absolute atomic E-state index is 0.0786. The van der Waals surface area contributed by atoms with Gasteiger partial charge in [0.05, 0.1) is 26.4 Å². The summed E-state index contributed by atoms with van der Waals surface area (Å²) in [6.45, 7) is 4.85. The molecule has 2 unspecified atom stereocenters. The highest BCUT2D eigenvalue weighted by molar-refractivity contribution is 7.47. The average molecular weight is 1370 g/mol. The number of allylic oxidation sites excluding steroid dienone is 8. The Kier molecular flexibility index (Phi) is 66.4. The number of carbonyl (C=O) groups is 4. The SMILES string of the molecule is CCCCCC/C=C\C=C/CCCCCCCC(=O)OC[C@H](COP(=O)(O)OC[C@@H](O)COP(=O)(O)OC[C@@H](COC(=O)CCCCCCCCCCCCCC)OC(=O)CCCCCCCCCCCCCC)OC(=O)CCCCCCC/C=C\C=C/CCCCCC. The number of phosphoric acid groups is 2. The van der Waals surface area contributed by atoms with E-state index in [9.17, 15) is 43.2 Å². The van der Waals surface area contributed by atoms with Crippen molar-refractivity contribution in [2.75, 3.05) is 39.6 Å². The number of unbranched alkanes of at least 4 members (excludes halogenated alkanes) is 40. The zero-order chi connectivity index (χ0) is 69.0. The first-order valence-electron chi connectivity index (χ1n) is 37.9. The Morgan fingerprint density at radius 2 is 0.511 bits per heavy atom. The monoisotopic (exact) mass is 1370 g/mol. The van der Waals surface area contributed by atoms with E-state index in [2.05, 4.69) is 76.3 Å². The molecule has 0 fully saturated rings. The second kappa shape index (κ2) is 68.5. The van der Waals surface area contributed by atoms with E-state index in [0.717, 1.165) is 122 Å². The number of phosphoric ester groups is 2. The van der Waals surface area contributed by atoms with Gasteiger partial charge in [0.1, 0.15) is 19.3 Å². The molecule has 0 aromatic carbocycles. The van der Waals surface area contributed by atoms with E-state index in [1.807, 2.05) is 0 Å². The maximum atomic E-state index is 13.1. The van der Waals surface area contributed by atoms with Crippen LogP contribution in [0.25, 0.3) is 0 Å². The molecule has 0 aliphatic heterocycles. The summed E-state index contributed by atoms with van der Waals surface area (Å²) in [5.41, 5.74) is 0. The molecule has 550 valence electrons. The number of esters is 4. The average Bonchev–Trinajstić information content (AvgIpc) is 1.32. The van der Waals surface area contributed by atoms with E-state index in [1.54, 1.807) is 0 Å². The first-order chi connectivity index (χ1) is 45.7. The van der Waals surface area contributed by atoms with Gasteiger partial charge in [-0.1, -0.05) is 295 Å². The van der Waals surface area contributed by atoms with Gasteiger partial charge < -0.3 is 33.8 Å². The first-order valence-corrected chi connectivity index (χ1v) is 40.9. The molecule has 17 nitrogen and oxygen atoms in total. The van der Waals surface area contributed by atoms with Crippen molar-refractivity contribution in [1.29, 1.82) is 0 Å². The van der Waals surface area contributed by atoms with Gasteiger partial charge in [-0.2, -0.15) is 0 Å². The van der Waals surface area contributed by atoms with Crippen molar-refractivity contribution < 1.29 is 80.2 Å². The Balaban J connectivity index is 5.33. The predicted octanol–water partition coefficient (Wildman–Crippen LogP) is 21.3. The van der Waals surface area contributed by atoms with Gasteiger partial charge in [0.15, 0.2) is 12.2 Å². The number of ether oxygens (including phenoxy) is 4. The summed E-state index contributed by atoms with van der Waals surface area (Å²) in [6, 6.07) is 0. The highest BCUT2D eigenvalue weighted by atomic mass is 31.2. The third-order valence-electron chi connectivity index (χ3n) is 16.4. The molecule has 0 aliphatic rings. The lowest BCUT2D eigenvalue weighted by Gasteiger charge is -2.21. The molecular formula is C75H138O17P2. The molecule has 0 amide bonds. The van der Waals surface area contributed by atoms with E-state index in [1.165, 1.54) is 148 Å². The number of aliphatic hydroxyl groups is 1. The number of rotatable bonds is 72. The summed E-state index contributed by atoms with van der Waals surface area (Å²) in [5, 5.41) is 10.6. The summed E-state index contributed by atoms with van der Waals surface area (Å²) >= 11 is 0. The zero-order valence-electron chi connectivity index (χ0n) is 59.9. The third-order valence-corrected chi connectivity index (χ3v) is 18.3. The minimum Gasteiger partial charge on any atom is -0.462 e. The fourth-order valence-corrected chi connectivity index (χ4v) is 12.1. The van der Waals surface area contributed by atoms with Gasteiger partial charge in [-0.3, -0.25) is 37.3 Å². The molecule has 0 saturated heterocycles. The van der Waals surface area contributed by atoms with Crippen LogP contribution in [0, 0.1) is 0 Å². The maximum absolute atomic E-state index is 13.1. The van der Waals surface area contributed by atoms with E-state index in [0.29, 0.717) is 25.7 Å². The molecule has 0 saturated carbocycles. The molecule has 3 N–H and O–H groups in total. The van der Waals surface area contributed by atoms with Gasteiger partial charge in [0, 0.05) is 25.7 Å². The van der Waals surface area contributed by atoms with Crippen molar-refractivity contribution in [3.8, 4) is 0 Å². The van der Waals surface area contributed by atoms with Crippen molar-refractivity contribution in [1.82, 2.24) is 0 Å². The number of hydrogen-bond donors (Lipinski definition) is 3. The van der Waals surface area contributed by atoms with Crippen LogP contribution in [0.1, 0.15) is 349 Å². The molecule has 0 aromatic rings. The Hall–Kier alpha value is -2.98. The van der Waals surface area contributed by atoms with Crippen LogP contribution in [0.2, 0.25) is 0 Å². The topological polar surface area (TPSA) is 237 Å². The second-order valence-electron chi connectivity index (χ2n) is 25.7. The van der Waals surface area contributed by atoms with Crippen LogP contribution < -0.4 is 0 Å². The standard InChI is InChI=1S/C75H138O17P2/c1-5-9-13-17-21-25-29-33-35-37-41-44-48-52-56-60-73(78)86-66-71(92-75(80)62-58-54-50-46-42-38-36-34-30-26-22-18-14-10-6-2)68-90-94(83,84)88-64-69(76)63-87-93(81,82)89-67-70(91-74(79)61-57-53-49-45-40-32-28-24-20-16-12-8-4)65-85-72(77)59-55-51-47-43-39-31-27-23-19-15-11-7-3/h25-26,29-30,33-36,69-71,76H,5-24,27-28,31-32,37-68H2,1-4H3,(H,81,82)(H,83,84)/b29-25-,30-26-,35-33-,36-34-/t69-,70+,71+/m0/s1. The summed E-state index contributed by atoms with van der Waals surface area (Å²) in [4.78, 5) is 72.7. The van der Waals surface area contributed by atoms with E-state index in [-0.39, 0.29) is 25.7 Å². The number of aliphatic hydroxyl groups excluding tert-OH is 1. The normalized spacial score (nSPS) is 14.2. The van der Waals surface area contributed by atoms with Crippen molar-refractivity contribution in [2.45, 2.75) is 367 Å². The smallest absolute Gasteiger partial charge is 0.462 e. The lowest BCUT2D eigenvalue weighted by atomic mass is 10.0. The van der Waals surface area contributed by atoms with E-state index < -0.39 is 97.5 Å². The van der Waals surface area contributed by atoms with Gasteiger partial charge in [0.2, 0.25) is 0 Å². The molecule has 94 heavy (non-hydrogen) atoms. The molecular weight excluding hydrogens is 1230 g/mol. The fourth-order valence-electron chi connectivity index (χ4n) is 10.5. The molecule has 0 rings (SSSR count). The third kappa shape index (κ3) is 67.6. The van der Waals surface area contributed by atoms with Gasteiger partial charge in [-0.15, -0.1) is 0 Å². The number of carbonyl (C=O) groups excluding carboxylic acids is 4. The van der Waals surface area contributed by atoms with Gasteiger partial charge >= 0.3 is 39.5 Å². The summed E-state index contributed by atoms with van der Waals surface area (Å²) in [7, 11) is -9.93. The second-order valence-corrected chi connectivity index (χ2v) is 28.6. The Labute approximate surface area is 572 Å². The summed E-state index contributed by atoms with van der Waals surface area (Å²) in [5.74, 6) is -2.17. The lowest BCUT2D eigenvalue weighted by molar-refractivity contribution is -0.161. The van der Waals surface area contributed by atoms with Crippen molar-refractivity contribution >= 4 is 39.5 Å². The van der Waals surface area contributed by atoms with E-state index >= 15 is 0 Å². The molecule has 5 atom stereocenters. The largest absolute Gasteiger partial charge is 0.472 e.